The second kappa shape index (κ2) is 2.36. The van der Waals surface area contributed by atoms with E-state index in [1.165, 1.54) is 5.01 Å². The molecule has 1 unspecified atom stereocenters. The lowest BCUT2D eigenvalue weighted by Gasteiger charge is -2.25. The highest BCUT2D eigenvalue weighted by atomic mass is 16.3. The second-order valence-electron chi connectivity index (χ2n) is 2.09. The number of hydrogen-bond acceptors (Lipinski definition) is 4. The van der Waals surface area contributed by atoms with Gasteiger partial charge in [-0.05, 0) is 6.92 Å². The average molecular weight is 143 g/mol. The molecule has 56 valence electrons. The van der Waals surface area contributed by atoms with Crippen molar-refractivity contribution in [3.63, 3.8) is 0 Å². The van der Waals surface area contributed by atoms with E-state index in [2.05, 4.69) is 10.4 Å². The number of rotatable bonds is 0. The van der Waals surface area contributed by atoms with E-state index >= 15 is 0 Å². The first-order valence-electron chi connectivity index (χ1n) is 2.88. The molecule has 0 radical (unpaired) electrons. The number of nitrogens with zero attached hydrogens (tertiary/aromatic N) is 2. The number of carbonyl (C=O) groups is 1. The Labute approximate surface area is 58.3 Å². The summed E-state index contributed by atoms with van der Waals surface area (Å²) in [6.07, 6.45) is -1.19. The fourth-order valence-corrected chi connectivity index (χ4v) is 0.628. The monoisotopic (exact) mass is 143 g/mol. The summed E-state index contributed by atoms with van der Waals surface area (Å²) in [6.45, 7) is 1.68. The first kappa shape index (κ1) is 7.17. The molecule has 0 saturated carbocycles. The minimum Gasteiger partial charge on any atom is -0.369 e. The summed E-state index contributed by atoms with van der Waals surface area (Å²) in [7, 11) is 1.68. The summed E-state index contributed by atoms with van der Waals surface area (Å²) in [5, 5.41) is 10.3. The molecule has 1 atom stereocenters. The number of aliphatic hydroxyl groups is 1. The van der Waals surface area contributed by atoms with Crippen LogP contribution in [0.5, 0.6) is 0 Å². The van der Waals surface area contributed by atoms with Crippen LogP contribution in [0, 0.1) is 0 Å². The zero-order valence-corrected chi connectivity index (χ0v) is 5.83. The Morgan fingerprint density at radius 2 is 2.40 bits per heavy atom. The van der Waals surface area contributed by atoms with Crippen molar-refractivity contribution in [3.8, 4) is 0 Å². The molecule has 1 rings (SSSR count). The van der Waals surface area contributed by atoms with Gasteiger partial charge in [0.05, 0.1) is 0 Å². The topological polar surface area (TPSA) is 64.9 Å². The number of hydrazine groups is 1. The molecule has 0 bridgehead atoms. The zero-order chi connectivity index (χ0) is 7.72. The molecule has 1 aliphatic rings. The van der Waals surface area contributed by atoms with Crippen molar-refractivity contribution < 1.29 is 9.90 Å². The number of carbonyl (C=O) groups excluding carboxylic acids is 1. The molecule has 5 heteroatoms. The third kappa shape index (κ3) is 1.14. The third-order valence-electron chi connectivity index (χ3n) is 1.31. The smallest absolute Gasteiger partial charge is 0.293 e. The molecule has 10 heavy (non-hydrogen) atoms. The highest BCUT2D eigenvalue weighted by molar-refractivity contribution is 5.96. The van der Waals surface area contributed by atoms with E-state index in [-0.39, 0.29) is 0 Å². The van der Waals surface area contributed by atoms with Gasteiger partial charge in [0.25, 0.3) is 5.91 Å². The molecule has 1 heterocycles. The Balaban J connectivity index is 2.79. The number of amides is 1. The Bertz CT molecular complexity index is 189. The molecule has 0 fully saturated rings. The summed E-state index contributed by atoms with van der Waals surface area (Å²) in [4.78, 5) is 14.2. The van der Waals surface area contributed by atoms with Crippen LogP contribution in [0.2, 0.25) is 0 Å². The van der Waals surface area contributed by atoms with Crippen LogP contribution in [0.25, 0.3) is 0 Å². The van der Waals surface area contributed by atoms with Crippen LogP contribution < -0.4 is 5.43 Å². The van der Waals surface area contributed by atoms with Gasteiger partial charge in [-0.1, -0.05) is 0 Å². The third-order valence-corrected chi connectivity index (χ3v) is 1.31. The maximum atomic E-state index is 10.6. The van der Waals surface area contributed by atoms with Crippen molar-refractivity contribution in [1.29, 1.82) is 0 Å². The summed E-state index contributed by atoms with van der Waals surface area (Å²) in [6, 6.07) is 0. The van der Waals surface area contributed by atoms with Crippen LogP contribution in [0.1, 0.15) is 6.92 Å². The van der Waals surface area contributed by atoms with E-state index in [0.717, 1.165) is 0 Å². The van der Waals surface area contributed by atoms with Crippen molar-refractivity contribution in [1.82, 2.24) is 10.4 Å². The molecule has 1 amide bonds. The molecule has 0 aromatic carbocycles. The second-order valence-corrected chi connectivity index (χ2v) is 2.09. The van der Waals surface area contributed by atoms with Gasteiger partial charge in [0.1, 0.15) is 5.84 Å². The van der Waals surface area contributed by atoms with E-state index in [1.54, 1.807) is 14.0 Å². The van der Waals surface area contributed by atoms with Gasteiger partial charge in [-0.15, -0.1) is 0 Å². The standard InChI is InChI=1S/C5H9N3O2/c1-3-6-4(9)5(10)7-8(3)2/h5,7,10H,1-2H3. The van der Waals surface area contributed by atoms with Crippen LogP contribution in [0.15, 0.2) is 4.99 Å². The molecule has 0 aromatic heterocycles. The van der Waals surface area contributed by atoms with Crippen LogP contribution in [-0.4, -0.2) is 35.1 Å². The van der Waals surface area contributed by atoms with Gasteiger partial charge in [0, 0.05) is 7.05 Å². The molecule has 0 spiro atoms. The Morgan fingerprint density at radius 1 is 1.80 bits per heavy atom. The highest BCUT2D eigenvalue weighted by Crippen LogP contribution is 1.95. The lowest BCUT2D eigenvalue weighted by molar-refractivity contribution is -0.130. The average Bonchev–Trinajstić information content (AvgIpc) is 1.84. The van der Waals surface area contributed by atoms with Gasteiger partial charge >= 0.3 is 0 Å². The molecule has 1 aliphatic heterocycles. The van der Waals surface area contributed by atoms with E-state index in [0.29, 0.717) is 5.84 Å². The number of amidine groups is 1. The number of aliphatic hydroxyl groups excluding tert-OH is 1. The largest absolute Gasteiger partial charge is 0.369 e. The quantitative estimate of drug-likeness (QED) is 0.442. The van der Waals surface area contributed by atoms with Gasteiger partial charge < -0.3 is 5.11 Å². The maximum absolute atomic E-state index is 10.6. The minimum absolute atomic E-state index is 0.546. The minimum atomic E-state index is -1.19. The molecule has 2 N–H and O–H groups in total. The van der Waals surface area contributed by atoms with Crippen molar-refractivity contribution in [2.45, 2.75) is 13.2 Å². The highest BCUT2D eigenvalue weighted by Gasteiger charge is 2.21. The van der Waals surface area contributed by atoms with Crippen molar-refractivity contribution >= 4 is 11.7 Å². The van der Waals surface area contributed by atoms with Crippen LogP contribution in [0.3, 0.4) is 0 Å². The van der Waals surface area contributed by atoms with Gasteiger partial charge in [-0.3, -0.25) is 9.80 Å². The molecular formula is C5H9N3O2. The molecule has 5 nitrogen and oxygen atoms in total. The molecule has 0 aromatic rings. The fourth-order valence-electron chi connectivity index (χ4n) is 0.628. The van der Waals surface area contributed by atoms with Gasteiger partial charge in [0.15, 0.2) is 0 Å². The van der Waals surface area contributed by atoms with E-state index < -0.39 is 12.1 Å². The van der Waals surface area contributed by atoms with Crippen molar-refractivity contribution in [2.24, 2.45) is 4.99 Å². The predicted molar refractivity (Wildman–Crippen MR) is 35.0 cm³/mol. The summed E-state index contributed by atoms with van der Waals surface area (Å²) < 4.78 is 0. The first-order chi connectivity index (χ1) is 4.61. The molecular weight excluding hydrogens is 134 g/mol. The van der Waals surface area contributed by atoms with Crippen molar-refractivity contribution in [2.75, 3.05) is 7.05 Å². The SMILES string of the molecule is CC1=NC(=O)C(O)NN1C. The Hall–Kier alpha value is -0.940. The summed E-state index contributed by atoms with van der Waals surface area (Å²) >= 11 is 0. The molecule has 0 saturated heterocycles. The predicted octanol–water partition coefficient (Wildman–Crippen LogP) is -1.30. The molecule has 0 aliphatic carbocycles. The summed E-state index contributed by atoms with van der Waals surface area (Å²) in [5.74, 6) is 0.00546. The van der Waals surface area contributed by atoms with E-state index in [4.69, 9.17) is 5.11 Å². The Kier molecular flexibility index (Phi) is 1.69. The van der Waals surface area contributed by atoms with Crippen LogP contribution in [0.4, 0.5) is 0 Å². The number of nitrogens with one attached hydrogen (secondary N) is 1. The lowest BCUT2D eigenvalue weighted by Crippen LogP contribution is -2.52. The van der Waals surface area contributed by atoms with E-state index in [9.17, 15) is 4.79 Å². The zero-order valence-electron chi connectivity index (χ0n) is 5.83. The Morgan fingerprint density at radius 3 is 2.90 bits per heavy atom. The van der Waals surface area contributed by atoms with Crippen LogP contribution in [-0.2, 0) is 4.79 Å². The van der Waals surface area contributed by atoms with E-state index in [1.807, 2.05) is 0 Å². The van der Waals surface area contributed by atoms with Gasteiger partial charge in [0.2, 0.25) is 6.23 Å². The number of hydrogen-bond donors (Lipinski definition) is 2. The first-order valence-corrected chi connectivity index (χ1v) is 2.88. The van der Waals surface area contributed by atoms with Gasteiger partial charge in [-0.25, -0.2) is 0 Å². The lowest BCUT2D eigenvalue weighted by atomic mass is 10.5. The van der Waals surface area contributed by atoms with Gasteiger partial charge in [-0.2, -0.15) is 10.4 Å². The normalized spacial score (nSPS) is 26.7. The summed E-state index contributed by atoms with van der Waals surface area (Å²) in [5.41, 5.74) is 2.49. The van der Waals surface area contributed by atoms with Crippen LogP contribution >= 0.6 is 0 Å². The number of aliphatic imine (C=N–C) groups is 1. The fraction of sp³-hybridized carbons (Fsp3) is 0.600. The maximum Gasteiger partial charge on any atom is 0.293 e. The van der Waals surface area contributed by atoms with Crippen molar-refractivity contribution in [3.05, 3.63) is 0 Å².